The lowest BCUT2D eigenvalue weighted by Crippen LogP contribution is -2.08. The van der Waals surface area contributed by atoms with Crippen LogP contribution in [0.1, 0.15) is 19.4 Å². The molecule has 0 aliphatic heterocycles. The zero-order valence-corrected chi connectivity index (χ0v) is 13.7. The number of benzene rings is 2. The topological polar surface area (TPSA) is 79.9 Å². The van der Waals surface area contributed by atoms with E-state index in [9.17, 15) is 15.0 Å². The number of hydrogen-bond acceptors (Lipinski definition) is 5. The van der Waals surface area contributed by atoms with Gasteiger partial charge in [-0.05, 0) is 43.2 Å². The van der Waals surface area contributed by atoms with Crippen LogP contribution in [0.2, 0.25) is 0 Å². The van der Waals surface area contributed by atoms with Crippen LogP contribution in [-0.2, 0) is 0 Å². The highest BCUT2D eigenvalue weighted by Gasteiger charge is 2.15. The molecule has 5 nitrogen and oxygen atoms in total. The van der Waals surface area contributed by atoms with Crippen LogP contribution in [0.4, 0.5) is 0 Å². The Morgan fingerprint density at radius 2 is 1.88 bits per heavy atom. The van der Waals surface area contributed by atoms with Crippen molar-refractivity contribution < 1.29 is 19.4 Å². The van der Waals surface area contributed by atoms with Crippen molar-refractivity contribution in [3.8, 4) is 5.75 Å². The predicted octanol–water partition coefficient (Wildman–Crippen LogP) is 3.06. The molecule has 0 saturated heterocycles. The number of para-hydroxylation sites is 1. The number of ether oxygens (including phenoxy) is 1. The van der Waals surface area contributed by atoms with Crippen molar-refractivity contribution in [3.63, 3.8) is 0 Å². The highest BCUT2D eigenvalue weighted by molar-refractivity contribution is 5.96. The Morgan fingerprint density at radius 3 is 2.54 bits per heavy atom. The molecule has 3 rings (SSSR count). The fourth-order valence-corrected chi connectivity index (χ4v) is 2.68. The van der Waals surface area contributed by atoms with E-state index >= 15 is 0 Å². The van der Waals surface area contributed by atoms with E-state index in [1.54, 1.807) is 57.4 Å². The highest BCUT2D eigenvalue weighted by atomic mass is 16.5. The molecule has 0 unspecified atom stereocenters. The summed E-state index contributed by atoms with van der Waals surface area (Å²) in [7, 11) is 1.55. The molecule has 1 heterocycles. The van der Waals surface area contributed by atoms with Gasteiger partial charge in [-0.2, -0.15) is 0 Å². The third-order valence-electron chi connectivity index (χ3n) is 4.29. The molecule has 0 amide bonds. The summed E-state index contributed by atoms with van der Waals surface area (Å²) in [5, 5.41) is 19.7. The fourth-order valence-electron chi connectivity index (χ4n) is 2.68. The van der Waals surface area contributed by atoms with Gasteiger partial charge in [0.05, 0.1) is 17.9 Å². The van der Waals surface area contributed by atoms with E-state index in [4.69, 9.17) is 9.15 Å². The molecule has 0 bridgehead atoms. The van der Waals surface area contributed by atoms with Crippen LogP contribution in [-0.4, -0.2) is 23.6 Å². The summed E-state index contributed by atoms with van der Waals surface area (Å²) in [5.74, 6) is 0.594. The first-order valence-electron chi connectivity index (χ1n) is 7.51. The zero-order chi connectivity index (χ0) is 17.4. The minimum Gasteiger partial charge on any atom is -0.497 e. The SMILES string of the molecule is COc1ccc2c(=O)c3cccc(C(C)=C(C)C(O)O)c3oc2c1. The molecule has 0 spiro atoms. The Morgan fingerprint density at radius 1 is 1.12 bits per heavy atom. The van der Waals surface area contributed by atoms with Gasteiger partial charge in [-0.1, -0.05) is 12.1 Å². The average molecular weight is 326 g/mol. The Hall–Kier alpha value is -2.63. The first-order chi connectivity index (χ1) is 11.4. The van der Waals surface area contributed by atoms with E-state index in [1.165, 1.54) is 0 Å². The molecule has 124 valence electrons. The van der Waals surface area contributed by atoms with Gasteiger partial charge >= 0.3 is 0 Å². The lowest BCUT2D eigenvalue weighted by atomic mass is 9.99. The molecule has 3 aromatic rings. The van der Waals surface area contributed by atoms with Crippen LogP contribution in [0.25, 0.3) is 27.5 Å². The first-order valence-corrected chi connectivity index (χ1v) is 7.51. The van der Waals surface area contributed by atoms with Gasteiger partial charge in [-0.25, -0.2) is 0 Å². The number of fused-ring (bicyclic) bond motifs is 2. The Bertz CT molecular complexity index is 1010. The summed E-state index contributed by atoms with van der Waals surface area (Å²) >= 11 is 0. The molecule has 0 aliphatic rings. The molecule has 0 fully saturated rings. The molecule has 1 aromatic heterocycles. The van der Waals surface area contributed by atoms with Crippen molar-refractivity contribution in [2.75, 3.05) is 7.11 Å². The monoisotopic (exact) mass is 326 g/mol. The van der Waals surface area contributed by atoms with Crippen LogP contribution in [0.5, 0.6) is 5.75 Å². The Kier molecular flexibility index (Phi) is 4.13. The summed E-state index contributed by atoms with van der Waals surface area (Å²) in [6.07, 6.45) is -1.56. The van der Waals surface area contributed by atoms with Gasteiger partial charge in [-0.15, -0.1) is 0 Å². The smallest absolute Gasteiger partial charge is 0.200 e. The molecule has 0 atom stereocenters. The lowest BCUT2D eigenvalue weighted by molar-refractivity contribution is -0.00713. The maximum Gasteiger partial charge on any atom is 0.200 e. The minimum atomic E-state index is -1.56. The maximum atomic E-state index is 12.8. The maximum absolute atomic E-state index is 12.8. The largest absolute Gasteiger partial charge is 0.497 e. The molecule has 0 radical (unpaired) electrons. The second-order valence-corrected chi connectivity index (χ2v) is 5.66. The Labute approximate surface area is 138 Å². The average Bonchev–Trinajstić information content (AvgIpc) is 2.59. The molecule has 24 heavy (non-hydrogen) atoms. The number of rotatable bonds is 3. The quantitative estimate of drug-likeness (QED) is 0.571. The number of aliphatic hydroxyl groups excluding tert-OH is 1. The van der Waals surface area contributed by atoms with Crippen molar-refractivity contribution in [2.45, 2.75) is 20.1 Å². The minimum absolute atomic E-state index is 0.134. The van der Waals surface area contributed by atoms with Crippen molar-refractivity contribution in [1.82, 2.24) is 0 Å². The molecular formula is C19H18O5. The molecule has 0 saturated carbocycles. The van der Waals surface area contributed by atoms with Crippen molar-refractivity contribution >= 4 is 27.5 Å². The van der Waals surface area contributed by atoms with Gasteiger partial charge in [0.25, 0.3) is 0 Å². The molecule has 2 aromatic carbocycles. The van der Waals surface area contributed by atoms with Gasteiger partial charge in [0.1, 0.15) is 16.9 Å². The number of allylic oxidation sites excluding steroid dienone is 1. The first kappa shape index (κ1) is 16.2. The second-order valence-electron chi connectivity index (χ2n) is 5.66. The van der Waals surface area contributed by atoms with Crippen molar-refractivity contribution in [3.05, 3.63) is 57.8 Å². The summed E-state index contributed by atoms with van der Waals surface area (Å²) in [5.41, 5.74) is 2.41. The van der Waals surface area contributed by atoms with Gasteiger partial charge in [0.2, 0.25) is 5.43 Å². The summed E-state index contributed by atoms with van der Waals surface area (Å²) < 4.78 is 11.2. The molecular weight excluding hydrogens is 308 g/mol. The van der Waals surface area contributed by atoms with E-state index < -0.39 is 6.29 Å². The van der Waals surface area contributed by atoms with Crippen LogP contribution >= 0.6 is 0 Å². The summed E-state index contributed by atoms with van der Waals surface area (Å²) in [6, 6.07) is 10.3. The zero-order valence-electron chi connectivity index (χ0n) is 13.7. The summed E-state index contributed by atoms with van der Waals surface area (Å²) in [6.45, 7) is 3.39. The number of hydrogen-bond donors (Lipinski definition) is 2. The fraction of sp³-hybridized carbons (Fsp3) is 0.211. The number of aliphatic hydroxyl groups is 2. The van der Waals surface area contributed by atoms with Gasteiger partial charge in [-0.3, -0.25) is 4.79 Å². The Balaban J connectivity index is 2.41. The van der Waals surface area contributed by atoms with Crippen LogP contribution in [0.3, 0.4) is 0 Å². The lowest BCUT2D eigenvalue weighted by Gasteiger charge is -2.12. The molecule has 0 aliphatic carbocycles. The third kappa shape index (κ3) is 2.58. The summed E-state index contributed by atoms with van der Waals surface area (Å²) in [4.78, 5) is 12.8. The van der Waals surface area contributed by atoms with E-state index in [0.717, 1.165) is 0 Å². The van der Waals surface area contributed by atoms with E-state index in [-0.39, 0.29) is 5.43 Å². The van der Waals surface area contributed by atoms with Crippen LogP contribution in [0.15, 0.2) is 51.2 Å². The van der Waals surface area contributed by atoms with Gasteiger partial charge in [0.15, 0.2) is 6.29 Å². The predicted molar refractivity (Wildman–Crippen MR) is 93.0 cm³/mol. The van der Waals surface area contributed by atoms with Crippen LogP contribution in [0, 0.1) is 0 Å². The molecule has 5 heteroatoms. The standard InChI is InChI=1S/C19H18O5/c1-10(11(2)19(21)22)13-5-4-6-15-17(20)14-8-7-12(23-3)9-16(14)24-18(13)15/h4-9,19,21-22H,1-3H3. The van der Waals surface area contributed by atoms with Crippen molar-refractivity contribution in [1.29, 1.82) is 0 Å². The van der Waals surface area contributed by atoms with E-state index in [0.29, 0.717) is 44.4 Å². The molecule has 2 N–H and O–H groups in total. The number of methoxy groups -OCH3 is 1. The van der Waals surface area contributed by atoms with Crippen LogP contribution < -0.4 is 10.2 Å². The van der Waals surface area contributed by atoms with E-state index in [1.807, 2.05) is 0 Å². The van der Waals surface area contributed by atoms with Gasteiger partial charge < -0.3 is 19.4 Å². The van der Waals surface area contributed by atoms with E-state index in [2.05, 4.69) is 0 Å². The van der Waals surface area contributed by atoms with Crippen molar-refractivity contribution in [2.24, 2.45) is 0 Å². The highest BCUT2D eigenvalue weighted by Crippen LogP contribution is 2.30. The normalized spacial score (nSPS) is 12.8. The second kappa shape index (κ2) is 6.11. The van der Waals surface area contributed by atoms with Gasteiger partial charge in [0, 0.05) is 11.6 Å². The third-order valence-corrected chi connectivity index (χ3v) is 4.29.